The molecule has 0 bridgehead atoms. The molecular formula is C10H9NO3. The van der Waals surface area contributed by atoms with Crippen LogP contribution in [0.3, 0.4) is 0 Å². The molecule has 0 radical (unpaired) electrons. The van der Waals surface area contributed by atoms with Gasteiger partial charge in [0.05, 0.1) is 18.2 Å². The van der Waals surface area contributed by atoms with Gasteiger partial charge in [0.15, 0.2) is 5.78 Å². The zero-order valence-electron chi connectivity index (χ0n) is 7.87. The minimum absolute atomic E-state index is 0.0941. The van der Waals surface area contributed by atoms with E-state index in [0.717, 1.165) is 0 Å². The van der Waals surface area contributed by atoms with E-state index in [1.54, 1.807) is 0 Å². The number of ether oxygens (including phenoxy) is 1. The van der Waals surface area contributed by atoms with Crippen molar-refractivity contribution in [3.05, 3.63) is 23.3 Å². The summed E-state index contributed by atoms with van der Waals surface area (Å²) in [6.07, 6.45) is 0. The molecule has 0 saturated heterocycles. The summed E-state index contributed by atoms with van der Waals surface area (Å²) >= 11 is 0. The van der Waals surface area contributed by atoms with Crippen molar-refractivity contribution in [3.63, 3.8) is 0 Å². The maximum absolute atomic E-state index is 11.2. The van der Waals surface area contributed by atoms with E-state index in [0.29, 0.717) is 0 Å². The number of carbonyl (C=O) groups is 1. The number of Topliss-reactive ketones (excluding diaryl/α,β-unsaturated/α-hetero) is 1. The van der Waals surface area contributed by atoms with Crippen LogP contribution in [0.2, 0.25) is 0 Å². The molecular weight excluding hydrogens is 182 g/mol. The van der Waals surface area contributed by atoms with Crippen LogP contribution in [-0.2, 0) is 0 Å². The van der Waals surface area contributed by atoms with Gasteiger partial charge >= 0.3 is 0 Å². The first kappa shape index (κ1) is 10.1. The van der Waals surface area contributed by atoms with Gasteiger partial charge < -0.3 is 9.84 Å². The molecule has 4 heteroatoms. The van der Waals surface area contributed by atoms with E-state index in [-0.39, 0.29) is 28.4 Å². The van der Waals surface area contributed by atoms with E-state index in [1.165, 1.54) is 26.2 Å². The Bertz CT molecular complexity index is 418. The Morgan fingerprint density at radius 2 is 2.21 bits per heavy atom. The molecule has 0 fully saturated rings. The molecule has 0 heterocycles. The molecule has 0 spiro atoms. The molecule has 1 aromatic rings. The number of methoxy groups -OCH3 is 1. The molecule has 0 aliphatic heterocycles. The highest BCUT2D eigenvalue weighted by atomic mass is 16.5. The number of hydrogen-bond acceptors (Lipinski definition) is 4. The molecule has 0 aliphatic carbocycles. The lowest BCUT2D eigenvalue weighted by atomic mass is 10.0. The Kier molecular flexibility index (Phi) is 2.73. The molecule has 0 aromatic heterocycles. The van der Waals surface area contributed by atoms with E-state index in [9.17, 15) is 9.90 Å². The Balaban J connectivity index is 3.50. The van der Waals surface area contributed by atoms with Gasteiger partial charge in [0.1, 0.15) is 17.6 Å². The number of hydrogen-bond donors (Lipinski definition) is 1. The summed E-state index contributed by atoms with van der Waals surface area (Å²) in [5, 5.41) is 18.0. The number of phenols is 1. The van der Waals surface area contributed by atoms with Gasteiger partial charge in [-0.05, 0) is 13.0 Å². The Morgan fingerprint density at radius 1 is 1.57 bits per heavy atom. The average molecular weight is 191 g/mol. The van der Waals surface area contributed by atoms with E-state index in [1.807, 2.05) is 6.07 Å². The van der Waals surface area contributed by atoms with E-state index < -0.39 is 0 Å². The van der Waals surface area contributed by atoms with Crippen LogP contribution in [0.25, 0.3) is 0 Å². The molecule has 0 unspecified atom stereocenters. The third kappa shape index (κ3) is 1.67. The van der Waals surface area contributed by atoms with E-state index >= 15 is 0 Å². The predicted molar refractivity (Wildman–Crippen MR) is 49.4 cm³/mol. The summed E-state index contributed by atoms with van der Waals surface area (Å²) in [6, 6.07) is 4.37. The zero-order chi connectivity index (χ0) is 10.7. The summed E-state index contributed by atoms with van der Waals surface area (Å²) in [5.74, 6) is -0.143. The minimum atomic E-state index is -0.265. The number of nitriles is 1. The topological polar surface area (TPSA) is 70.3 Å². The largest absolute Gasteiger partial charge is 0.508 e. The summed E-state index contributed by atoms with van der Waals surface area (Å²) in [4.78, 5) is 11.2. The van der Waals surface area contributed by atoms with Gasteiger partial charge in [-0.15, -0.1) is 0 Å². The smallest absolute Gasteiger partial charge is 0.164 e. The fourth-order valence-electron chi connectivity index (χ4n) is 1.21. The van der Waals surface area contributed by atoms with Crippen LogP contribution in [-0.4, -0.2) is 18.0 Å². The first-order valence-electron chi connectivity index (χ1n) is 3.92. The fraction of sp³-hybridized carbons (Fsp3) is 0.200. The van der Waals surface area contributed by atoms with Crippen molar-refractivity contribution in [1.82, 2.24) is 0 Å². The second-order valence-electron chi connectivity index (χ2n) is 2.74. The molecule has 0 atom stereocenters. The second-order valence-corrected chi connectivity index (χ2v) is 2.74. The van der Waals surface area contributed by atoms with Crippen molar-refractivity contribution < 1.29 is 14.6 Å². The Labute approximate surface area is 81.4 Å². The van der Waals surface area contributed by atoms with Crippen molar-refractivity contribution >= 4 is 5.78 Å². The highest BCUT2D eigenvalue weighted by Crippen LogP contribution is 2.27. The van der Waals surface area contributed by atoms with Crippen molar-refractivity contribution in [1.29, 1.82) is 5.26 Å². The number of ketones is 1. The SMILES string of the molecule is COc1cc(O)cc(C#N)c1C(C)=O. The number of aromatic hydroxyl groups is 1. The summed E-state index contributed by atoms with van der Waals surface area (Å²) < 4.78 is 4.90. The average Bonchev–Trinajstić information content (AvgIpc) is 2.15. The first-order valence-corrected chi connectivity index (χ1v) is 3.92. The number of phenolic OH excluding ortho intramolecular Hbond substituents is 1. The van der Waals surface area contributed by atoms with Crippen LogP contribution in [0.1, 0.15) is 22.8 Å². The fourth-order valence-corrected chi connectivity index (χ4v) is 1.21. The van der Waals surface area contributed by atoms with E-state index in [4.69, 9.17) is 10.00 Å². The molecule has 72 valence electrons. The monoisotopic (exact) mass is 191 g/mol. The normalized spacial score (nSPS) is 9.21. The highest BCUT2D eigenvalue weighted by Gasteiger charge is 2.15. The molecule has 4 nitrogen and oxygen atoms in total. The van der Waals surface area contributed by atoms with Crippen molar-refractivity contribution in [2.24, 2.45) is 0 Å². The maximum Gasteiger partial charge on any atom is 0.164 e. The number of nitrogens with zero attached hydrogens (tertiary/aromatic N) is 1. The number of benzene rings is 1. The molecule has 0 saturated carbocycles. The quantitative estimate of drug-likeness (QED) is 0.718. The lowest BCUT2D eigenvalue weighted by Crippen LogP contribution is -2.00. The molecule has 1 aromatic carbocycles. The van der Waals surface area contributed by atoms with Crippen molar-refractivity contribution in [3.8, 4) is 17.6 Å². The van der Waals surface area contributed by atoms with Gasteiger partial charge in [-0.3, -0.25) is 4.79 Å². The lowest BCUT2D eigenvalue weighted by molar-refractivity contribution is 0.101. The standard InChI is InChI=1S/C10H9NO3/c1-6(12)10-7(5-11)3-8(13)4-9(10)14-2/h3-4,13H,1-2H3. The molecule has 14 heavy (non-hydrogen) atoms. The van der Waals surface area contributed by atoms with Gasteiger partial charge in [0.25, 0.3) is 0 Å². The lowest BCUT2D eigenvalue weighted by Gasteiger charge is -2.07. The minimum Gasteiger partial charge on any atom is -0.508 e. The molecule has 1 N–H and O–H groups in total. The first-order chi connectivity index (χ1) is 6.60. The van der Waals surface area contributed by atoms with Crippen LogP contribution in [0.15, 0.2) is 12.1 Å². The third-order valence-corrected chi connectivity index (χ3v) is 1.78. The number of carbonyl (C=O) groups excluding carboxylic acids is 1. The second kappa shape index (κ2) is 3.79. The Hall–Kier alpha value is -2.02. The zero-order valence-corrected chi connectivity index (χ0v) is 7.87. The van der Waals surface area contributed by atoms with Crippen LogP contribution >= 0.6 is 0 Å². The van der Waals surface area contributed by atoms with Crippen LogP contribution < -0.4 is 4.74 Å². The molecule has 0 aliphatic rings. The summed E-state index contributed by atoms with van der Waals surface area (Å²) in [5.41, 5.74) is 0.321. The highest BCUT2D eigenvalue weighted by molar-refractivity contribution is 5.99. The van der Waals surface area contributed by atoms with Crippen molar-refractivity contribution in [2.45, 2.75) is 6.92 Å². The van der Waals surface area contributed by atoms with Crippen LogP contribution in [0.5, 0.6) is 11.5 Å². The number of rotatable bonds is 2. The summed E-state index contributed by atoms with van der Waals surface area (Å²) in [6.45, 7) is 1.34. The van der Waals surface area contributed by atoms with Gasteiger partial charge in [-0.1, -0.05) is 0 Å². The molecule has 1 rings (SSSR count). The Morgan fingerprint density at radius 3 is 2.64 bits per heavy atom. The maximum atomic E-state index is 11.2. The van der Waals surface area contributed by atoms with Gasteiger partial charge in [-0.2, -0.15) is 5.26 Å². The van der Waals surface area contributed by atoms with Gasteiger partial charge in [0.2, 0.25) is 0 Å². The molecule has 0 amide bonds. The van der Waals surface area contributed by atoms with Gasteiger partial charge in [0, 0.05) is 6.07 Å². The summed E-state index contributed by atoms with van der Waals surface area (Å²) in [7, 11) is 1.38. The van der Waals surface area contributed by atoms with Crippen LogP contribution in [0, 0.1) is 11.3 Å². The van der Waals surface area contributed by atoms with Crippen LogP contribution in [0.4, 0.5) is 0 Å². The third-order valence-electron chi connectivity index (χ3n) is 1.78. The van der Waals surface area contributed by atoms with Crippen molar-refractivity contribution in [2.75, 3.05) is 7.11 Å². The van der Waals surface area contributed by atoms with E-state index in [2.05, 4.69) is 0 Å². The van der Waals surface area contributed by atoms with Gasteiger partial charge in [-0.25, -0.2) is 0 Å². The predicted octanol–water partition coefficient (Wildman–Crippen LogP) is 1.48.